The van der Waals surface area contributed by atoms with Crippen molar-refractivity contribution in [2.75, 3.05) is 9.80 Å². The fraction of sp³-hybridized carbons (Fsp3) is 0. The van der Waals surface area contributed by atoms with E-state index in [9.17, 15) is 5.11 Å². The first-order valence-corrected chi connectivity index (χ1v) is 12.9. The van der Waals surface area contributed by atoms with Crippen LogP contribution in [0.3, 0.4) is 0 Å². The summed E-state index contributed by atoms with van der Waals surface area (Å²) < 4.78 is 0. The van der Waals surface area contributed by atoms with Crippen LogP contribution in [0.25, 0.3) is 22.5 Å². The molecule has 0 saturated heterocycles. The average molecular weight is 710 g/mol. The molecule has 6 aromatic rings. The minimum Gasteiger partial charge on any atom is -0.507 e. The Hall–Kier alpha value is -4.77. The molecule has 0 radical (unpaired) electrons. The van der Waals surface area contributed by atoms with Gasteiger partial charge in [0.1, 0.15) is 11.6 Å². The second-order valence-electron chi connectivity index (χ2n) is 8.98. The van der Waals surface area contributed by atoms with Crippen LogP contribution in [0, 0.1) is 18.8 Å². The number of rotatable bonds is 4. The monoisotopic (exact) mass is 710 g/mol. The second-order valence-corrected chi connectivity index (χ2v) is 8.98. The maximum absolute atomic E-state index is 9.88. The van der Waals surface area contributed by atoms with E-state index in [2.05, 4.69) is 56.8 Å². The smallest absolute Gasteiger partial charge is 0.507 e. The maximum Gasteiger partial charge on any atom is 3.00 e. The van der Waals surface area contributed by atoms with Crippen molar-refractivity contribution in [2.45, 2.75) is 0 Å². The Balaban J connectivity index is 0.000000162. The van der Waals surface area contributed by atoms with Crippen molar-refractivity contribution >= 4 is 22.9 Å². The molecule has 3 heterocycles. The zero-order chi connectivity index (χ0) is 27.1. The van der Waals surface area contributed by atoms with E-state index in [0.717, 1.165) is 45.4 Å². The first kappa shape index (κ1) is 27.8. The van der Waals surface area contributed by atoms with Gasteiger partial charge < -0.3 is 14.9 Å². The molecular weight excluding hydrogens is 685 g/mol. The molecule has 2 aromatic heterocycles. The number of hydrogen-bond donors (Lipinski definition) is 1. The number of benzene rings is 4. The fourth-order valence-corrected chi connectivity index (χ4v) is 4.49. The van der Waals surface area contributed by atoms with E-state index in [1.165, 1.54) is 0 Å². The predicted molar refractivity (Wildman–Crippen MR) is 160 cm³/mol. The third-order valence-corrected chi connectivity index (χ3v) is 6.39. The number of aromatic nitrogens is 2. The zero-order valence-corrected chi connectivity index (χ0v) is 24.3. The number of phenols is 1. The van der Waals surface area contributed by atoms with Crippen LogP contribution in [-0.4, -0.2) is 15.1 Å². The molecule has 7 rings (SSSR count). The van der Waals surface area contributed by atoms with Gasteiger partial charge in [0, 0.05) is 23.1 Å². The maximum atomic E-state index is 9.88. The van der Waals surface area contributed by atoms with Gasteiger partial charge in [-0.05, 0) is 48.2 Å². The van der Waals surface area contributed by atoms with Crippen LogP contribution < -0.4 is 9.80 Å². The Labute approximate surface area is 253 Å². The normalized spacial score (nSPS) is 11.6. The summed E-state index contributed by atoms with van der Waals surface area (Å²) in [7, 11) is 0. The summed E-state index contributed by atoms with van der Waals surface area (Å²) in [4.78, 5) is 13.3. The van der Waals surface area contributed by atoms with Crippen molar-refractivity contribution in [2.24, 2.45) is 0 Å². The molecule has 0 saturated carbocycles. The van der Waals surface area contributed by atoms with E-state index in [1.807, 2.05) is 109 Å². The number of nitrogens with zero attached hydrogens (tertiary/aromatic N) is 4. The standard InChI is InChI=1S/C18H13N3.C17H12NO.Ir/c1-2-8-15(9-3-1)20-14-21(18-12-6-7-13-19-18)17-11-5-4-10-16(17)20;19-17-12-5-4-9-14(17)16-11-6-10-15(18-16)13-7-2-1-3-8-13;/h1-8,10-14H;1-7,9-12,19H;/q-2;-1;+3. The van der Waals surface area contributed by atoms with Gasteiger partial charge in [0.25, 0.3) is 0 Å². The molecule has 0 unspecified atom stereocenters. The molecule has 6 heteroatoms. The largest absolute Gasteiger partial charge is 3.00 e. The van der Waals surface area contributed by atoms with Crippen LogP contribution in [0.5, 0.6) is 5.75 Å². The summed E-state index contributed by atoms with van der Waals surface area (Å²) in [6, 6.07) is 49.3. The van der Waals surface area contributed by atoms with Gasteiger partial charge in [-0.1, -0.05) is 42.5 Å². The van der Waals surface area contributed by atoms with Crippen LogP contribution in [0.4, 0.5) is 22.9 Å². The average Bonchev–Trinajstić information content (AvgIpc) is 3.43. The third-order valence-electron chi connectivity index (χ3n) is 6.39. The van der Waals surface area contributed by atoms with Gasteiger partial charge in [-0.15, -0.1) is 48.3 Å². The Bertz CT molecular complexity index is 1630. The molecule has 0 spiro atoms. The van der Waals surface area contributed by atoms with E-state index in [-0.39, 0.29) is 25.9 Å². The van der Waals surface area contributed by atoms with Gasteiger partial charge in [0.05, 0.1) is 5.69 Å². The Morgan fingerprint density at radius 2 is 1.29 bits per heavy atom. The molecule has 5 nitrogen and oxygen atoms in total. The SMILES string of the molecule is Oc1ccccc1-c1cccc(-c2[c-]cccc2)n1.[Ir+3].[c-]1ccccc1N1[CH-]N(c2ccccn2)c2ccccc21. The van der Waals surface area contributed by atoms with Crippen LogP contribution in [0.15, 0.2) is 140 Å². The summed E-state index contributed by atoms with van der Waals surface area (Å²) in [6.07, 6.45) is 1.81. The third kappa shape index (κ3) is 6.20. The van der Waals surface area contributed by atoms with Crippen molar-refractivity contribution < 1.29 is 25.2 Å². The van der Waals surface area contributed by atoms with Crippen LogP contribution in [0.2, 0.25) is 0 Å². The summed E-state index contributed by atoms with van der Waals surface area (Å²) >= 11 is 0. The Morgan fingerprint density at radius 1 is 0.610 bits per heavy atom. The fourth-order valence-electron chi connectivity index (χ4n) is 4.49. The van der Waals surface area contributed by atoms with Gasteiger partial charge in [-0.3, -0.25) is 4.98 Å². The number of aromatic hydroxyl groups is 1. The van der Waals surface area contributed by atoms with E-state index in [4.69, 9.17) is 0 Å². The van der Waals surface area contributed by atoms with Crippen molar-refractivity contribution in [3.8, 4) is 28.3 Å². The number of pyridine rings is 2. The minimum atomic E-state index is 0. The van der Waals surface area contributed by atoms with Gasteiger partial charge in [0.2, 0.25) is 0 Å². The number of fused-ring (bicyclic) bond motifs is 1. The second kappa shape index (κ2) is 13.1. The van der Waals surface area contributed by atoms with Gasteiger partial charge in [-0.25, -0.2) is 4.98 Å². The molecular formula is C35H25IrN4O. The van der Waals surface area contributed by atoms with Crippen LogP contribution >= 0.6 is 0 Å². The van der Waals surface area contributed by atoms with Crippen molar-refractivity contribution in [1.29, 1.82) is 0 Å². The first-order valence-electron chi connectivity index (χ1n) is 12.9. The van der Waals surface area contributed by atoms with Crippen LogP contribution in [-0.2, 0) is 20.1 Å². The van der Waals surface area contributed by atoms with Crippen molar-refractivity contribution in [3.05, 3.63) is 158 Å². The molecule has 200 valence electrons. The van der Waals surface area contributed by atoms with E-state index >= 15 is 0 Å². The number of hydrogen-bond acceptors (Lipinski definition) is 5. The predicted octanol–water partition coefficient (Wildman–Crippen LogP) is 8.21. The van der Waals surface area contributed by atoms with Crippen molar-refractivity contribution in [3.63, 3.8) is 0 Å². The van der Waals surface area contributed by atoms with E-state index in [1.54, 1.807) is 12.1 Å². The van der Waals surface area contributed by atoms with Gasteiger partial charge >= 0.3 is 20.1 Å². The Kier molecular flexibility index (Phi) is 8.85. The molecule has 0 fully saturated rings. The molecule has 0 aliphatic carbocycles. The van der Waals surface area contributed by atoms with Crippen molar-refractivity contribution in [1.82, 2.24) is 9.97 Å². The molecule has 0 amide bonds. The van der Waals surface area contributed by atoms with Crippen LogP contribution in [0.1, 0.15) is 0 Å². The number of phenolic OH excluding ortho intramolecular Hbond substituents is 1. The zero-order valence-electron chi connectivity index (χ0n) is 21.9. The molecule has 1 aliphatic rings. The summed E-state index contributed by atoms with van der Waals surface area (Å²) in [5.41, 5.74) is 6.55. The summed E-state index contributed by atoms with van der Waals surface area (Å²) in [5.74, 6) is 1.15. The van der Waals surface area contributed by atoms with Gasteiger partial charge in [-0.2, -0.15) is 30.3 Å². The summed E-state index contributed by atoms with van der Waals surface area (Å²) in [5, 5.41) is 9.88. The number of para-hydroxylation sites is 4. The first-order chi connectivity index (χ1) is 19.8. The molecule has 1 N–H and O–H groups in total. The quantitative estimate of drug-likeness (QED) is 0.187. The molecule has 0 bridgehead atoms. The summed E-state index contributed by atoms with van der Waals surface area (Å²) in [6.45, 7) is 2.05. The van der Waals surface area contributed by atoms with E-state index in [0.29, 0.717) is 0 Å². The number of anilines is 4. The molecule has 41 heavy (non-hydrogen) atoms. The topological polar surface area (TPSA) is 52.5 Å². The molecule has 4 aromatic carbocycles. The van der Waals surface area contributed by atoms with E-state index < -0.39 is 0 Å². The molecule has 1 aliphatic heterocycles. The minimum absolute atomic E-state index is 0. The Morgan fingerprint density at radius 3 is 2.00 bits per heavy atom. The molecule has 0 atom stereocenters. The van der Waals surface area contributed by atoms with Gasteiger partial charge in [0.15, 0.2) is 0 Å².